The van der Waals surface area contributed by atoms with Gasteiger partial charge < -0.3 is 15.6 Å². The Balaban J connectivity index is 1.83. The summed E-state index contributed by atoms with van der Waals surface area (Å²) < 4.78 is 0. The SMILES string of the molecule is CCCNC(=O)NCC(c1ccsc1)c1c[nH]c2ccccc12. The Hall–Kier alpha value is -2.27. The topological polar surface area (TPSA) is 56.9 Å². The molecule has 3 N–H and O–H groups in total. The van der Waals surface area contributed by atoms with Crippen molar-refractivity contribution in [3.8, 4) is 0 Å². The molecule has 0 radical (unpaired) electrons. The van der Waals surface area contributed by atoms with Gasteiger partial charge in [0.25, 0.3) is 0 Å². The maximum absolute atomic E-state index is 11.9. The molecule has 3 rings (SSSR count). The van der Waals surface area contributed by atoms with Gasteiger partial charge >= 0.3 is 6.03 Å². The van der Waals surface area contributed by atoms with Gasteiger partial charge in [-0.1, -0.05) is 25.1 Å². The monoisotopic (exact) mass is 327 g/mol. The second-order valence-corrected chi connectivity index (χ2v) is 6.32. The zero-order valence-electron chi connectivity index (χ0n) is 13.1. The number of hydrogen-bond donors (Lipinski definition) is 3. The number of hydrogen-bond acceptors (Lipinski definition) is 2. The third kappa shape index (κ3) is 3.56. The number of aromatic amines is 1. The van der Waals surface area contributed by atoms with Crippen molar-refractivity contribution in [3.63, 3.8) is 0 Å². The van der Waals surface area contributed by atoms with Crippen LogP contribution >= 0.6 is 11.3 Å². The summed E-state index contributed by atoms with van der Waals surface area (Å²) in [5, 5.41) is 11.3. The van der Waals surface area contributed by atoms with E-state index in [4.69, 9.17) is 0 Å². The summed E-state index contributed by atoms with van der Waals surface area (Å²) in [6.07, 6.45) is 2.99. The van der Waals surface area contributed by atoms with Crippen LogP contribution in [-0.4, -0.2) is 24.1 Å². The first-order valence-electron chi connectivity index (χ1n) is 7.89. The zero-order chi connectivity index (χ0) is 16.1. The largest absolute Gasteiger partial charge is 0.361 e. The van der Waals surface area contributed by atoms with Crippen molar-refractivity contribution in [2.45, 2.75) is 19.3 Å². The summed E-state index contributed by atoms with van der Waals surface area (Å²) in [6, 6.07) is 10.3. The molecule has 2 aromatic heterocycles. The number of nitrogens with one attached hydrogen (secondary N) is 3. The molecule has 1 aromatic carbocycles. The van der Waals surface area contributed by atoms with Crippen LogP contribution in [0.2, 0.25) is 0 Å². The van der Waals surface area contributed by atoms with Crippen molar-refractivity contribution in [3.05, 3.63) is 58.4 Å². The fourth-order valence-electron chi connectivity index (χ4n) is 2.76. The third-order valence-electron chi connectivity index (χ3n) is 3.94. The number of carbonyl (C=O) groups is 1. The Morgan fingerprint density at radius 3 is 2.91 bits per heavy atom. The van der Waals surface area contributed by atoms with Gasteiger partial charge in [0.05, 0.1) is 0 Å². The first kappa shape index (κ1) is 15.6. The normalized spacial score (nSPS) is 12.2. The van der Waals surface area contributed by atoms with Gasteiger partial charge in [-0.25, -0.2) is 4.79 Å². The summed E-state index contributed by atoms with van der Waals surface area (Å²) >= 11 is 1.68. The molecule has 1 atom stereocenters. The minimum atomic E-state index is -0.105. The van der Waals surface area contributed by atoms with Crippen LogP contribution < -0.4 is 10.6 Å². The molecule has 4 nitrogen and oxygen atoms in total. The number of aromatic nitrogens is 1. The second-order valence-electron chi connectivity index (χ2n) is 5.54. The number of para-hydroxylation sites is 1. The van der Waals surface area contributed by atoms with Crippen LogP contribution in [0.25, 0.3) is 10.9 Å². The van der Waals surface area contributed by atoms with Gasteiger partial charge in [0, 0.05) is 36.1 Å². The van der Waals surface area contributed by atoms with Gasteiger partial charge in [-0.2, -0.15) is 11.3 Å². The van der Waals surface area contributed by atoms with Gasteiger partial charge in [-0.3, -0.25) is 0 Å². The average Bonchev–Trinajstić information content (AvgIpc) is 3.24. The van der Waals surface area contributed by atoms with E-state index in [2.05, 4.69) is 50.8 Å². The van der Waals surface area contributed by atoms with E-state index in [-0.39, 0.29) is 11.9 Å². The minimum absolute atomic E-state index is 0.105. The molecular weight excluding hydrogens is 306 g/mol. The molecule has 2 heterocycles. The molecule has 23 heavy (non-hydrogen) atoms. The number of benzene rings is 1. The van der Waals surface area contributed by atoms with E-state index in [1.54, 1.807) is 11.3 Å². The van der Waals surface area contributed by atoms with Gasteiger partial charge in [0.1, 0.15) is 0 Å². The molecule has 0 spiro atoms. The van der Waals surface area contributed by atoms with Gasteiger partial charge in [-0.15, -0.1) is 0 Å². The molecule has 1 unspecified atom stereocenters. The van der Waals surface area contributed by atoms with E-state index < -0.39 is 0 Å². The van der Waals surface area contributed by atoms with Crippen molar-refractivity contribution in [2.75, 3.05) is 13.1 Å². The number of fused-ring (bicyclic) bond motifs is 1. The Morgan fingerprint density at radius 2 is 2.13 bits per heavy atom. The van der Waals surface area contributed by atoms with Crippen LogP contribution in [0.15, 0.2) is 47.3 Å². The van der Waals surface area contributed by atoms with Crippen molar-refractivity contribution in [1.82, 2.24) is 15.6 Å². The highest BCUT2D eigenvalue weighted by atomic mass is 32.1. The minimum Gasteiger partial charge on any atom is -0.361 e. The highest BCUT2D eigenvalue weighted by Gasteiger charge is 2.19. The van der Waals surface area contributed by atoms with E-state index >= 15 is 0 Å². The number of urea groups is 1. The lowest BCUT2D eigenvalue weighted by Gasteiger charge is -2.17. The van der Waals surface area contributed by atoms with Crippen molar-refractivity contribution >= 4 is 28.3 Å². The fourth-order valence-corrected chi connectivity index (χ4v) is 3.47. The van der Waals surface area contributed by atoms with Gasteiger partial charge in [-0.05, 0) is 40.4 Å². The molecule has 0 saturated heterocycles. The third-order valence-corrected chi connectivity index (χ3v) is 4.65. The fraction of sp³-hybridized carbons (Fsp3) is 0.278. The number of H-pyrrole nitrogens is 1. The molecule has 0 fully saturated rings. The summed E-state index contributed by atoms with van der Waals surface area (Å²) in [4.78, 5) is 15.2. The Kier molecular flexibility index (Phi) is 4.98. The molecule has 0 aliphatic carbocycles. The maximum atomic E-state index is 11.9. The van der Waals surface area contributed by atoms with Crippen LogP contribution in [0.4, 0.5) is 4.79 Å². The van der Waals surface area contributed by atoms with Crippen LogP contribution in [-0.2, 0) is 0 Å². The van der Waals surface area contributed by atoms with Crippen LogP contribution in [0.1, 0.15) is 30.4 Å². The molecule has 3 aromatic rings. The lowest BCUT2D eigenvalue weighted by atomic mass is 9.93. The van der Waals surface area contributed by atoms with E-state index in [1.807, 2.05) is 19.1 Å². The maximum Gasteiger partial charge on any atom is 0.314 e. The number of amides is 2. The Labute approximate surface area is 139 Å². The lowest BCUT2D eigenvalue weighted by Crippen LogP contribution is -2.38. The summed E-state index contributed by atoms with van der Waals surface area (Å²) in [7, 11) is 0. The van der Waals surface area contributed by atoms with Crippen LogP contribution in [0.3, 0.4) is 0 Å². The summed E-state index contributed by atoms with van der Waals surface area (Å²) in [6.45, 7) is 3.32. The molecule has 120 valence electrons. The lowest BCUT2D eigenvalue weighted by molar-refractivity contribution is 0.240. The van der Waals surface area contributed by atoms with Gasteiger partial charge in [0.2, 0.25) is 0 Å². The molecule has 2 amide bonds. The number of rotatable bonds is 6. The smallest absolute Gasteiger partial charge is 0.314 e. The first-order valence-corrected chi connectivity index (χ1v) is 8.83. The van der Waals surface area contributed by atoms with Crippen molar-refractivity contribution < 1.29 is 4.79 Å². The Bertz CT molecular complexity index is 764. The molecule has 0 bridgehead atoms. The predicted octanol–water partition coefficient (Wildman–Crippen LogP) is 4.07. The van der Waals surface area contributed by atoms with E-state index in [9.17, 15) is 4.79 Å². The van der Waals surface area contributed by atoms with Crippen LogP contribution in [0, 0.1) is 0 Å². The van der Waals surface area contributed by atoms with E-state index in [0.29, 0.717) is 13.1 Å². The highest BCUT2D eigenvalue weighted by Crippen LogP contribution is 2.31. The predicted molar refractivity (Wildman–Crippen MR) is 96.2 cm³/mol. The Morgan fingerprint density at radius 1 is 1.26 bits per heavy atom. The van der Waals surface area contributed by atoms with Crippen LogP contribution in [0.5, 0.6) is 0 Å². The van der Waals surface area contributed by atoms with Crippen molar-refractivity contribution in [2.24, 2.45) is 0 Å². The molecule has 0 aliphatic heterocycles. The summed E-state index contributed by atoms with van der Waals surface area (Å²) in [5.74, 6) is 0.143. The molecule has 5 heteroatoms. The molecule has 0 aliphatic rings. The average molecular weight is 327 g/mol. The summed E-state index contributed by atoms with van der Waals surface area (Å²) in [5.41, 5.74) is 3.57. The van der Waals surface area contributed by atoms with Gasteiger partial charge in [0.15, 0.2) is 0 Å². The highest BCUT2D eigenvalue weighted by molar-refractivity contribution is 7.08. The quantitative estimate of drug-likeness (QED) is 0.628. The first-order chi connectivity index (χ1) is 11.3. The number of thiophene rings is 1. The zero-order valence-corrected chi connectivity index (χ0v) is 14.0. The second kappa shape index (κ2) is 7.33. The van der Waals surface area contributed by atoms with Crippen molar-refractivity contribution in [1.29, 1.82) is 0 Å². The standard InChI is InChI=1S/C18H21N3OS/c1-2-8-19-18(22)21-10-15(13-7-9-23-12-13)16-11-20-17-6-4-3-5-14(16)17/h3-7,9,11-12,15,20H,2,8,10H2,1H3,(H2,19,21,22). The van der Waals surface area contributed by atoms with E-state index in [0.717, 1.165) is 11.9 Å². The molecule has 0 saturated carbocycles. The molecular formula is C18H21N3OS. The number of carbonyl (C=O) groups excluding carboxylic acids is 1. The van der Waals surface area contributed by atoms with E-state index in [1.165, 1.54) is 16.5 Å².